The zero-order chi connectivity index (χ0) is 52.8. The Hall–Kier alpha value is -6.70. The molecule has 0 radical (unpaired) electrons. The molecule has 3 aliphatic carbocycles. The lowest BCUT2D eigenvalue weighted by molar-refractivity contribution is -0.260. The van der Waals surface area contributed by atoms with Crippen LogP contribution in [0.4, 0.5) is 22.7 Å². The van der Waals surface area contributed by atoms with E-state index in [2.05, 4.69) is 110 Å². The number of amides is 3. The quantitative estimate of drug-likeness (QED) is 0.0609. The van der Waals surface area contributed by atoms with Gasteiger partial charge in [0.15, 0.2) is 0 Å². The summed E-state index contributed by atoms with van der Waals surface area (Å²) < 4.78 is 5.15. The van der Waals surface area contributed by atoms with Crippen LogP contribution in [0.25, 0.3) is 0 Å². The Morgan fingerprint density at radius 3 is 1.11 bits per heavy atom. The van der Waals surface area contributed by atoms with Crippen molar-refractivity contribution in [1.82, 2.24) is 0 Å². The predicted octanol–water partition coefficient (Wildman–Crippen LogP) is 10.4. The number of ether oxygens (including phenoxy) is 1. The number of hydrogen-bond donors (Lipinski definition) is 5. The van der Waals surface area contributed by atoms with Crippen LogP contribution in [-0.4, -0.2) is 29.4 Å². The largest absolute Gasteiger partial charge is 0.595 e. The SMILES string of the molecule is CC(C)(C)OC([O-])=NCc1ccc(NC(=O)C2C(C)(C)C2(C)C)cc1.CC1(C)C(C(=O)Nc2ccc(C#N)cc2)C1(C)C.CC1(C)C(C(=O)Nc2ccc(CN)cc2)C1(C)C.N#Cc1ccc(N)cc1. The molecular weight excluding hydrogens is 877 g/mol. The zero-order valence-corrected chi connectivity index (χ0v) is 43.9. The Labute approximate surface area is 416 Å². The number of aliphatic imine (C=N–C) groups is 1. The first-order valence-electron chi connectivity index (χ1n) is 23.7. The van der Waals surface area contributed by atoms with E-state index in [1.54, 1.807) is 69.3 Å². The molecule has 7 rings (SSSR count). The molecule has 7 N–H and O–H groups in total. The molecule has 13 nitrogen and oxygen atoms in total. The lowest BCUT2D eigenvalue weighted by atomic mass is 10.0. The second-order valence-corrected chi connectivity index (χ2v) is 22.9. The molecule has 3 aliphatic rings. The lowest BCUT2D eigenvalue weighted by Gasteiger charge is -2.29. The van der Waals surface area contributed by atoms with Crippen molar-refractivity contribution in [1.29, 1.82) is 10.5 Å². The molecule has 0 unspecified atom stereocenters. The third-order valence-corrected chi connectivity index (χ3v) is 15.6. The topological polar surface area (TPSA) is 232 Å². The van der Waals surface area contributed by atoms with Crippen molar-refractivity contribution in [3.63, 3.8) is 0 Å². The maximum atomic E-state index is 12.4. The van der Waals surface area contributed by atoms with E-state index >= 15 is 0 Å². The Balaban J connectivity index is 0.000000213. The van der Waals surface area contributed by atoms with E-state index in [1.165, 1.54) is 0 Å². The number of nitrogens with one attached hydrogen (secondary N) is 3. The van der Waals surface area contributed by atoms with Crippen molar-refractivity contribution in [2.24, 2.45) is 61.0 Å². The molecule has 4 aromatic carbocycles. The third-order valence-electron chi connectivity index (χ3n) is 15.6. The molecule has 0 aliphatic heterocycles. The van der Waals surface area contributed by atoms with Gasteiger partial charge in [-0.3, -0.25) is 19.4 Å². The summed E-state index contributed by atoms with van der Waals surface area (Å²) in [6.45, 7) is 31.8. The van der Waals surface area contributed by atoms with Gasteiger partial charge in [0, 0.05) is 52.6 Å². The van der Waals surface area contributed by atoms with E-state index in [-0.39, 0.29) is 74.5 Å². The maximum Gasteiger partial charge on any atom is 0.228 e. The first-order chi connectivity index (χ1) is 32.3. The molecule has 3 amide bonds. The highest BCUT2D eigenvalue weighted by atomic mass is 16.6. The number of anilines is 4. The monoisotopic (exact) mass is 952 g/mol. The minimum absolute atomic E-state index is 0.0156. The molecule has 0 bridgehead atoms. The van der Waals surface area contributed by atoms with Crippen molar-refractivity contribution in [2.45, 2.75) is 123 Å². The molecule has 70 heavy (non-hydrogen) atoms. The maximum absolute atomic E-state index is 12.4. The number of hydrogen-bond acceptors (Lipinski definition) is 10. The molecule has 3 saturated carbocycles. The molecule has 0 aromatic heterocycles. The van der Waals surface area contributed by atoms with Crippen LogP contribution in [0.2, 0.25) is 0 Å². The van der Waals surface area contributed by atoms with Gasteiger partial charge in [-0.25, -0.2) is 0 Å². The first-order valence-corrected chi connectivity index (χ1v) is 23.7. The van der Waals surface area contributed by atoms with E-state index in [1.807, 2.05) is 54.6 Å². The van der Waals surface area contributed by atoms with Crippen LogP contribution < -0.4 is 32.5 Å². The average Bonchev–Trinajstić information content (AvgIpc) is 4.04. The van der Waals surface area contributed by atoms with Crippen LogP contribution in [0.5, 0.6) is 0 Å². The van der Waals surface area contributed by atoms with Crippen LogP contribution in [0.3, 0.4) is 0 Å². The number of benzene rings is 4. The fourth-order valence-corrected chi connectivity index (χ4v) is 9.25. The van der Waals surface area contributed by atoms with Crippen LogP contribution in [0, 0.1) is 72.9 Å². The first kappa shape index (κ1) is 55.9. The van der Waals surface area contributed by atoms with E-state index in [4.69, 9.17) is 26.7 Å². The molecule has 13 heteroatoms. The van der Waals surface area contributed by atoms with Gasteiger partial charge < -0.3 is 37.3 Å². The van der Waals surface area contributed by atoms with Gasteiger partial charge in [-0.1, -0.05) is 128 Å². The third kappa shape index (κ3) is 13.1. The highest BCUT2D eigenvalue weighted by Gasteiger charge is 2.69. The van der Waals surface area contributed by atoms with Gasteiger partial charge in [0.2, 0.25) is 17.7 Å². The Kier molecular flexibility index (Phi) is 16.9. The van der Waals surface area contributed by atoms with E-state index < -0.39 is 11.7 Å². The fraction of sp³-hybridized carbons (Fsp3) is 0.474. The number of nitrogen functional groups attached to an aromatic ring is 1. The van der Waals surface area contributed by atoms with E-state index in [9.17, 15) is 19.5 Å². The molecule has 3 fully saturated rings. The molecule has 0 spiro atoms. The Morgan fingerprint density at radius 2 is 0.843 bits per heavy atom. The van der Waals surface area contributed by atoms with Crippen molar-refractivity contribution in [3.05, 3.63) is 119 Å². The van der Waals surface area contributed by atoms with Gasteiger partial charge in [0.25, 0.3) is 0 Å². The molecule has 374 valence electrons. The highest BCUT2D eigenvalue weighted by molar-refractivity contribution is 5.97. The van der Waals surface area contributed by atoms with Gasteiger partial charge in [-0.05, 0) is 116 Å². The molecule has 0 atom stereocenters. The average molecular weight is 952 g/mol. The van der Waals surface area contributed by atoms with Crippen molar-refractivity contribution in [2.75, 3.05) is 21.7 Å². The van der Waals surface area contributed by atoms with Gasteiger partial charge in [0.1, 0.15) is 6.08 Å². The van der Waals surface area contributed by atoms with Gasteiger partial charge >= 0.3 is 0 Å². The second-order valence-electron chi connectivity index (χ2n) is 22.9. The lowest BCUT2D eigenvalue weighted by Crippen LogP contribution is -2.31. The summed E-state index contributed by atoms with van der Waals surface area (Å²) in [4.78, 5) is 40.8. The minimum Gasteiger partial charge on any atom is -0.595 e. The summed E-state index contributed by atoms with van der Waals surface area (Å²) in [6.07, 6.45) is -0.567. The Bertz CT molecular complexity index is 2550. The summed E-state index contributed by atoms with van der Waals surface area (Å²) in [6, 6.07) is 32.9. The molecule has 0 heterocycles. The van der Waals surface area contributed by atoms with Crippen LogP contribution in [0.15, 0.2) is 102 Å². The summed E-state index contributed by atoms with van der Waals surface area (Å²) in [5, 5.41) is 37.5. The zero-order valence-electron chi connectivity index (χ0n) is 43.9. The summed E-state index contributed by atoms with van der Waals surface area (Å²) in [5.41, 5.74) is 16.9. The number of carbonyl (C=O) groups excluding carboxylic acids is 3. The summed E-state index contributed by atoms with van der Waals surface area (Å²) in [7, 11) is 0. The Morgan fingerprint density at radius 1 is 0.557 bits per heavy atom. The number of nitrogens with zero attached hydrogens (tertiary/aromatic N) is 3. The second kappa shape index (κ2) is 21.1. The molecule has 4 aromatic rings. The standard InChI is InChI=1S/C20H30N2O3.C15H22N2O.C15H18N2O.C7H6N2/c1-18(2,3)25-17(24)21-12-13-8-10-14(11-9-13)22-16(23)15-19(4,5)20(15,6)7;2*1-14(2)12(15(14,3)4)13(18)17-11-7-5-10(9-16)6-8-11;8-5-6-1-3-7(9)4-2-6/h8-11,15H,12H2,1-7H3,(H,21,24)(H,22,23);5-8,12H,9,16H2,1-4H3,(H,17,18);5-8,12H,1-4H3,(H,17,18);1-4H,9H2/p-1. The number of nitrogens with two attached hydrogens (primary N) is 2. The van der Waals surface area contributed by atoms with E-state index in [0.29, 0.717) is 23.4 Å². The van der Waals surface area contributed by atoms with Crippen LogP contribution in [0.1, 0.15) is 126 Å². The minimum atomic E-state index is -0.567. The predicted molar refractivity (Wildman–Crippen MR) is 279 cm³/mol. The molecule has 0 saturated heterocycles. The van der Waals surface area contributed by atoms with Gasteiger partial charge in [-0.15, -0.1) is 0 Å². The van der Waals surface area contributed by atoms with Crippen LogP contribution in [-0.2, 0) is 32.2 Å². The number of carbonyl (C=O) groups is 3. The summed E-state index contributed by atoms with van der Waals surface area (Å²) in [5.74, 6) is 0.378. The van der Waals surface area contributed by atoms with Crippen molar-refractivity contribution < 1.29 is 24.2 Å². The van der Waals surface area contributed by atoms with Crippen molar-refractivity contribution in [3.8, 4) is 12.1 Å². The van der Waals surface area contributed by atoms with E-state index in [0.717, 1.165) is 28.2 Å². The van der Waals surface area contributed by atoms with Crippen LogP contribution >= 0.6 is 0 Å². The number of nitriles is 2. The highest BCUT2D eigenvalue weighted by Crippen LogP contribution is 2.70. The normalized spacial score (nSPS) is 18.4. The smallest absolute Gasteiger partial charge is 0.228 e. The molecular formula is C57H75N8O5-. The summed E-state index contributed by atoms with van der Waals surface area (Å²) >= 11 is 0. The fourth-order valence-electron chi connectivity index (χ4n) is 9.25. The van der Waals surface area contributed by atoms with Gasteiger partial charge in [0.05, 0.1) is 29.8 Å². The van der Waals surface area contributed by atoms with Crippen molar-refractivity contribution >= 4 is 46.6 Å². The number of rotatable bonds is 9. The van der Waals surface area contributed by atoms with Gasteiger partial charge in [-0.2, -0.15) is 10.5 Å².